The van der Waals surface area contributed by atoms with Crippen molar-refractivity contribution in [3.05, 3.63) is 29.8 Å². The van der Waals surface area contributed by atoms with Crippen molar-refractivity contribution in [2.75, 3.05) is 13.6 Å². The summed E-state index contributed by atoms with van der Waals surface area (Å²) in [5.41, 5.74) is 1.17. The molecule has 2 unspecified atom stereocenters. The van der Waals surface area contributed by atoms with E-state index in [0.29, 0.717) is 17.7 Å². The summed E-state index contributed by atoms with van der Waals surface area (Å²) in [6.07, 6.45) is 1.21. The van der Waals surface area contributed by atoms with Crippen LogP contribution in [0.15, 0.2) is 24.3 Å². The van der Waals surface area contributed by atoms with Crippen LogP contribution in [0.3, 0.4) is 0 Å². The molecule has 0 spiro atoms. The van der Waals surface area contributed by atoms with Gasteiger partial charge in [0.15, 0.2) is 0 Å². The molecule has 0 saturated carbocycles. The number of nitrogens with zero attached hydrogens (tertiary/aromatic N) is 1. The molecule has 0 aliphatic carbocycles. The van der Waals surface area contributed by atoms with Crippen LogP contribution in [0.2, 0.25) is 0 Å². The Labute approximate surface area is 98.9 Å². The van der Waals surface area contributed by atoms with Crippen LogP contribution in [0.1, 0.15) is 38.8 Å². The molecule has 2 atom stereocenters. The smallest absolute Gasteiger partial charge is 0.115 e. The van der Waals surface area contributed by atoms with Gasteiger partial charge in [-0.15, -0.1) is 0 Å². The summed E-state index contributed by atoms with van der Waals surface area (Å²) in [5.74, 6) is 1.06. The first kappa shape index (κ1) is 13.0. The highest BCUT2D eigenvalue weighted by Crippen LogP contribution is 2.23. The zero-order valence-corrected chi connectivity index (χ0v) is 10.8. The molecular weight excluding hydrogens is 198 g/mol. The molecule has 2 nitrogen and oxygen atoms in total. The first-order valence-corrected chi connectivity index (χ1v) is 6.03. The van der Waals surface area contributed by atoms with E-state index >= 15 is 0 Å². The number of phenolic OH excluding ortho intramolecular Hbond substituents is 1. The van der Waals surface area contributed by atoms with Gasteiger partial charge in [-0.3, -0.25) is 4.90 Å². The van der Waals surface area contributed by atoms with E-state index in [0.717, 1.165) is 6.54 Å². The quantitative estimate of drug-likeness (QED) is 0.823. The third-order valence-corrected chi connectivity index (χ3v) is 3.31. The van der Waals surface area contributed by atoms with Crippen LogP contribution in [-0.4, -0.2) is 23.6 Å². The van der Waals surface area contributed by atoms with Gasteiger partial charge in [-0.2, -0.15) is 0 Å². The first-order valence-electron chi connectivity index (χ1n) is 6.03. The fraction of sp³-hybridized carbons (Fsp3) is 0.571. The molecule has 0 radical (unpaired) electrons. The van der Waals surface area contributed by atoms with Crippen molar-refractivity contribution in [1.82, 2.24) is 4.90 Å². The maximum absolute atomic E-state index is 9.45. The van der Waals surface area contributed by atoms with Crippen LogP contribution < -0.4 is 0 Å². The van der Waals surface area contributed by atoms with Crippen LogP contribution in [0.4, 0.5) is 0 Å². The molecule has 0 amide bonds. The average molecular weight is 221 g/mol. The SMILES string of the molecule is CCC(C)CN(C)C(C)c1cccc(O)c1. The van der Waals surface area contributed by atoms with Crippen LogP contribution in [-0.2, 0) is 0 Å². The lowest BCUT2D eigenvalue weighted by Gasteiger charge is -2.27. The van der Waals surface area contributed by atoms with Crippen molar-refractivity contribution in [2.24, 2.45) is 5.92 Å². The second-order valence-electron chi connectivity index (χ2n) is 4.72. The Balaban J connectivity index is 2.66. The maximum Gasteiger partial charge on any atom is 0.115 e. The van der Waals surface area contributed by atoms with Crippen molar-refractivity contribution in [3.8, 4) is 5.75 Å². The molecule has 1 N–H and O–H groups in total. The van der Waals surface area contributed by atoms with Gasteiger partial charge in [-0.25, -0.2) is 0 Å². The number of phenols is 1. The Morgan fingerprint density at radius 3 is 2.56 bits per heavy atom. The molecule has 90 valence electrons. The Morgan fingerprint density at radius 2 is 2.00 bits per heavy atom. The van der Waals surface area contributed by atoms with Gasteiger partial charge in [0.2, 0.25) is 0 Å². The molecule has 0 aliphatic heterocycles. The third kappa shape index (κ3) is 3.53. The lowest BCUT2D eigenvalue weighted by atomic mass is 10.0. The van der Waals surface area contributed by atoms with E-state index in [-0.39, 0.29) is 0 Å². The number of hydrogen-bond acceptors (Lipinski definition) is 2. The minimum atomic E-state index is 0.348. The third-order valence-electron chi connectivity index (χ3n) is 3.31. The summed E-state index contributed by atoms with van der Waals surface area (Å²) in [5, 5.41) is 9.45. The summed E-state index contributed by atoms with van der Waals surface area (Å²) in [7, 11) is 2.14. The second kappa shape index (κ2) is 5.90. The molecule has 0 saturated heterocycles. The predicted octanol–water partition coefficient (Wildman–Crippen LogP) is 3.43. The summed E-state index contributed by atoms with van der Waals surface area (Å²) in [4.78, 5) is 2.34. The Morgan fingerprint density at radius 1 is 1.31 bits per heavy atom. The van der Waals surface area contributed by atoms with Gasteiger partial charge in [-0.05, 0) is 37.6 Å². The fourth-order valence-electron chi connectivity index (χ4n) is 1.82. The minimum absolute atomic E-state index is 0.348. The van der Waals surface area contributed by atoms with Crippen molar-refractivity contribution in [1.29, 1.82) is 0 Å². The van der Waals surface area contributed by atoms with E-state index in [1.165, 1.54) is 12.0 Å². The highest BCUT2D eigenvalue weighted by Gasteiger charge is 2.13. The molecule has 1 aromatic rings. The van der Waals surface area contributed by atoms with Crippen molar-refractivity contribution in [2.45, 2.75) is 33.2 Å². The largest absolute Gasteiger partial charge is 0.508 e. The topological polar surface area (TPSA) is 23.5 Å². The molecule has 0 aromatic heterocycles. The van der Waals surface area contributed by atoms with E-state index in [2.05, 4.69) is 38.8 Å². The first-order chi connectivity index (χ1) is 7.54. The molecular formula is C14H23NO. The molecule has 16 heavy (non-hydrogen) atoms. The lowest BCUT2D eigenvalue weighted by molar-refractivity contribution is 0.224. The number of hydrogen-bond donors (Lipinski definition) is 1. The molecule has 1 aromatic carbocycles. The van der Waals surface area contributed by atoms with Crippen LogP contribution in [0, 0.1) is 5.92 Å². The van der Waals surface area contributed by atoms with Crippen molar-refractivity contribution >= 4 is 0 Å². The molecule has 0 bridgehead atoms. The summed E-state index contributed by atoms with van der Waals surface area (Å²) < 4.78 is 0. The van der Waals surface area contributed by atoms with Gasteiger partial charge < -0.3 is 5.11 Å². The van der Waals surface area contributed by atoms with Gasteiger partial charge in [0.05, 0.1) is 0 Å². The van der Waals surface area contributed by atoms with E-state index in [9.17, 15) is 5.11 Å². The zero-order chi connectivity index (χ0) is 12.1. The normalized spacial score (nSPS) is 15.1. The van der Waals surface area contributed by atoms with E-state index in [1.807, 2.05) is 12.1 Å². The Kier molecular flexibility index (Phi) is 4.81. The number of aromatic hydroxyl groups is 1. The van der Waals surface area contributed by atoms with E-state index < -0.39 is 0 Å². The summed E-state index contributed by atoms with van der Waals surface area (Å²) in [6, 6.07) is 7.87. The van der Waals surface area contributed by atoms with Gasteiger partial charge >= 0.3 is 0 Å². The fourth-order valence-corrected chi connectivity index (χ4v) is 1.82. The van der Waals surface area contributed by atoms with Crippen LogP contribution in [0.25, 0.3) is 0 Å². The summed E-state index contributed by atoms with van der Waals surface area (Å²) in [6.45, 7) is 7.76. The lowest BCUT2D eigenvalue weighted by Crippen LogP contribution is -2.27. The van der Waals surface area contributed by atoms with Crippen molar-refractivity contribution in [3.63, 3.8) is 0 Å². The zero-order valence-electron chi connectivity index (χ0n) is 10.8. The highest BCUT2D eigenvalue weighted by atomic mass is 16.3. The van der Waals surface area contributed by atoms with Crippen LogP contribution >= 0.6 is 0 Å². The van der Waals surface area contributed by atoms with Gasteiger partial charge in [0.1, 0.15) is 5.75 Å². The molecule has 0 heterocycles. The Hall–Kier alpha value is -1.02. The van der Waals surface area contributed by atoms with Crippen LogP contribution in [0.5, 0.6) is 5.75 Å². The van der Waals surface area contributed by atoms with Gasteiger partial charge in [0, 0.05) is 12.6 Å². The van der Waals surface area contributed by atoms with E-state index in [4.69, 9.17) is 0 Å². The second-order valence-corrected chi connectivity index (χ2v) is 4.72. The van der Waals surface area contributed by atoms with Crippen molar-refractivity contribution < 1.29 is 5.11 Å². The van der Waals surface area contributed by atoms with Gasteiger partial charge in [-0.1, -0.05) is 32.4 Å². The van der Waals surface area contributed by atoms with E-state index in [1.54, 1.807) is 6.07 Å². The molecule has 0 aliphatic rings. The molecule has 1 rings (SSSR count). The number of rotatable bonds is 5. The predicted molar refractivity (Wildman–Crippen MR) is 68.6 cm³/mol. The average Bonchev–Trinajstić information content (AvgIpc) is 2.27. The molecule has 0 fully saturated rings. The maximum atomic E-state index is 9.45. The minimum Gasteiger partial charge on any atom is -0.508 e. The monoisotopic (exact) mass is 221 g/mol. The summed E-state index contributed by atoms with van der Waals surface area (Å²) >= 11 is 0. The Bertz CT molecular complexity index is 324. The number of benzene rings is 1. The highest BCUT2D eigenvalue weighted by molar-refractivity contribution is 5.29. The van der Waals surface area contributed by atoms with Gasteiger partial charge in [0.25, 0.3) is 0 Å². The standard InChI is InChI=1S/C14H23NO/c1-5-11(2)10-15(4)12(3)13-7-6-8-14(16)9-13/h6-9,11-12,16H,5,10H2,1-4H3. The molecule has 2 heteroatoms.